The molecule has 1 rings (SSSR count). The molecule has 0 aliphatic heterocycles. The van der Waals surface area contributed by atoms with Crippen molar-refractivity contribution in [3.05, 3.63) is 24.0 Å². The van der Waals surface area contributed by atoms with Crippen LogP contribution in [0.5, 0.6) is 5.75 Å². The van der Waals surface area contributed by atoms with E-state index in [4.69, 9.17) is 10.5 Å². The summed E-state index contributed by atoms with van der Waals surface area (Å²) in [6, 6.07) is 3.79. The van der Waals surface area contributed by atoms with E-state index in [2.05, 4.69) is 4.98 Å². The third kappa shape index (κ3) is 3.24. The first kappa shape index (κ1) is 10.3. The minimum atomic E-state index is 0.708. The quantitative estimate of drug-likeness (QED) is 0.724. The lowest BCUT2D eigenvalue weighted by atomic mass is 10.3. The van der Waals surface area contributed by atoms with Gasteiger partial charge in [-0.05, 0) is 12.1 Å². The normalized spacial score (nSPS) is 10.0. The molecule has 1 heterocycles. The molecule has 0 unspecified atom stereocenters. The summed E-state index contributed by atoms with van der Waals surface area (Å²) in [6.45, 7) is 0.708. The summed E-state index contributed by atoms with van der Waals surface area (Å²) >= 11 is 1.77. The van der Waals surface area contributed by atoms with Gasteiger partial charge in [0.25, 0.3) is 0 Å². The van der Waals surface area contributed by atoms with Crippen LogP contribution in [0.3, 0.4) is 0 Å². The van der Waals surface area contributed by atoms with Gasteiger partial charge in [0, 0.05) is 24.2 Å². The fraction of sp³-hybridized carbons (Fsp3) is 0.444. The topological polar surface area (TPSA) is 48.1 Å². The predicted octanol–water partition coefficient (Wildman–Crippen LogP) is 1.28. The molecule has 0 aliphatic rings. The number of nitrogens with zero attached hydrogens (tertiary/aromatic N) is 1. The molecule has 0 fully saturated rings. The van der Waals surface area contributed by atoms with Gasteiger partial charge in [0.2, 0.25) is 0 Å². The standard InChI is InChI=1S/C9H14N2OS/c1-12-9-3-2-5-11-8(9)7-13-6-4-10/h2-3,5H,4,6-7,10H2,1H3. The predicted molar refractivity (Wildman–Crippen MR) is 56.0 cm³/mol. The Hall–Kier alpha value is -0.740. The van der Waals surface area contributed by atoms with Gasteiger partial charge in [-0.15, -0.1) is 0 Å². The summed E-state index contributed by atoms with van der Waals surface area (Å²) in [5, 5.41) is 0. The van der Waals surface area contributed by atoms with Crippen LogP contribution in [0.15, 0.2) is 18.3 Å². The van der Waals surface area contributed by atoms with Gasteiger partial charge >= 0.3 is 0 Å². The highest BCUT2D eigenvalue weighted by atomic mass is 32.2. The van der Waals surface area contributed by atoms with E-state index in [1.165, 1.54) is 0 Å². The number of methoxy groups -OCH3 is 1. The third-order valence-electron chi connectivity index (χ3n) is 1.57. The van der Waals surface area contributed by atoms with Crippen LogP contribution in [0.2, 0.25) is 0 Å². The summed E-state index contributed by atoms with van der Waals surface area (Å²) in [7, 11) is 1.66. The molecule has 0 saturated heterocycles. The molecule has 0 bridgehead atoms. The van der Waals surface area contributed by atoms with E-state index >= 15 is 0 Å². The van der Waals surface area contributed by atoms with E-state index < -0.39 is 0 Å². The fourth-order valence-corrected chi connectivity index (χ4v) is 1.69. The molecule has 3 nitrogen and oxygen atoms in total. The lowest BCUT2D eigenvalue weighted by molar-refractivity contribution is 0.409. The molecule has 72 valence electrons. The maximum atomic E-state index is 5.39. The number of rotatable bonds is 5. The molecule has 4 heteroatoms. The number of hydrogen-bond donors (Lipinski definition) is 1. The van der Waals surface area contributed by atoms with Crippen LogP contribution in [-0.2, 0) is 5.75 Å². The van der Waals surface area contributed by atoms with Crippen LogP contribution in [0.1, 0.15) is 5.69 Å². The van der Waals surface area contributed by atoms with E-state index in [0.29, 0.717) is 6.54 Å². The Morgan fingerprint density at radius 2 is 2.46 bits per heavy atom. The summed E-state index contributed by atoms with van der Waals surface area (Å²) in [5.74, 6) is 2.67. The number of ether oxygens (including phenoxy) is 1. The molecule has 0 aromatic carbocycles. The first-order chi connectivity index (χ1) is 6.38. The average molecular weight is 198 g/mol. The van der Waals surface area contributed by atoms with Gasteiger partial charge in [-0.25, -0.2) is 0 Å². The highest BCUT2D eigenvalue weighted by Crippen LogP contribution is 2.19. The van der Waals surface area contributed by atoms with E-state index in [9.17, 15) is 0 Å². The van der Waals surface area contributed by atoms with Crippen molar-refractivity contribution in [3.63, 3.8) is 0 Å². The molecular formula is C9H14N2OS. The van der Waals surface area contributed by atoms with Crippen molar-refractivity contribution in [1.29, 1.82) is 0 Å². The minimum absolute atomic E-state index is 0.708. The maximum absolute atomic E-state index is 5.39. The number of aromatic nitrogens is 1. The highest BCUT2D eigenvalue weighted by Gasteiger charge is 2.01. The molecule has 0 saturated carbocycles. The zero-order chi connectivity index (χ0) is 9.52. The van der Waals surface area contributed by atoms with Crippen molar-refractivity contribution < 1.29 is 4.74 Å². The van der Waals surface area contributed by atoms with Gasteiger partial charge in [-0.3, -0.25) is 4.98 Å². The van der Waals surface area contributed by atoms with Crippen molar-refractivity contribution in [2.24, 2.45) is 5.73 Å². The second-order valence-electron chi connectivity index (χ2n) is 2.49. The van der Waals surface area contributed by atoms with Crippen LogP contribution in [0, 0.1) is 0 Å². The zero-order valence-corrected chi connectivity index (χ0v) is 8.51. The van der Waals surface area contributed by atoms with Crippen molar-refractivity contribution in [1.82, 2.24) is 4.98 Å². The largest absolute Gasteiger partial charge is 0.495 e. The molecule has 1 aromatic rings. The summed E-state index contributed by atoms with van der Waals surface area (Å²) in [4.78, 5) is 4.23. The van der Waals surface area contributed by atoms with Crippen LogP contribution >= 0.6 is 11.8 Å². The fourth-order valence-electron chi connectivity index (χ4n) is 0.970. The van der Waals surface area contributed by atoms with Crippen LogP contribution in [0.25, 0.3) is 0 Å². The Balaban J connectivity index is 2.54. The van der Waals surface area contributed by atoms with Gasteiger partial charge in [0.05, 0.1) is 12.8 Å². The SMILES string of the molecule is COc1cccnc1CSCCN. The van der Waals surface area contributed by atoms with Gasteiger partial charge in [0.15, 0.2) is 0 Å². The lowest BCUT2D eigenvalue weighted by Crippen LogP contribution is -2.02. The Morgan fingerprint density at radius 3 is 3.15 bits per heavy atom. The number of hydrogen-bond acceptors (Lipinski definition) is 4. The third-order valence-corrected chi connectivity index (χ3v) is 2.57. The Labute approximate surface area is 82.7 Å². The molecule has 2 N–H and O–H groups in total. The number of nitrogens with two attached hydrogens (primary N) is 1. The Bertz CT molecular complexity index is 255. The summed E-state index contributed by atoms with van der Waals surface area (Å²) < 4.78 is 5.17. The molecule has 0 amide bonds. The van der Waals surface area contributed by atoms with E-state index in [1.54, 1.807) is 25.1 Å². The molecule has 0 spiro atoms. The second kappa shape index (κ2) is 5.83. The number of thioether (sulfide) groups is 1. The first-order valence-electron chi connectivity index (χ1n) is 4.14. The van der Waals surface area contributed by atoms with E-state index in [1.807, 2.05) is 12.1 Å². The number of pyridine rings is 1. The average Bonchev–Trinajstić information content (AvgIpc) is 2.19. The lowest BCUT2D eigenvalue weighted by Gasteiger charge is -2.05. The van der Waals surface area contributed by atoms with Gasteiger partial charge < -0.3 is 10.5 Å². The molecule has 0 radical (unpaired) electrons. The van der Waals surface area contributed by atoms with Crippen LogP contribution in [-0.4, -0.2) is 24.4 Å². The van der Waals surface area contributed by atoms with Crippen molar-refractivity contribution in [2.75, 3.05) is 19.4 Å². The minimum Gasteiger partial charge on any atom is -0.495 e. The smallest absolute Gasteiger partial charge is 0.141 e. The molecule has 0 atom stereocenters. The van der Waals surface area contributed by atoms with Gasteiger partial charge in [-0.1, -0.05) is 0 Å². The molecule has 1 aromatic heterocycles. The zero-order valence-electron chi connectivity index (χ0n) is 7.69. The second-order valence-corrected chi connectivity index (χ2v) is 3.60. The highest BCUT2D eigenvalue weighted by molar-refractivity contribution is 7.98. The molecule has 0 aliphatic carbocycles. The monoisotopic (exact) mass is 198 g/mol. The van der Waals surface area contributed by atoms with E-state index in [-0.39, 0.29) is 0 Å². The van der Waals surface area contributed by atoms with E-state index in [0.717, 1.165) is 22.9 Å². The summed E-state index contributed by atoms with van der Waals surface area (Å²) in [6.07, 6.45) is 1.78. The summed E-state index contributed by atoms with van der Waals surface area (Å²) in [5.41, 5.74) is 6.38. The Morgan fingerprint density at radius 1 is 1.62 bits per heavy atom. The van der Waals surface area contributed by atoms with Gasteiger partial charge in [-0.2, -0.15) is 11.8 Å². The molecular weight excluding hydrogens is 184 g/mol. The van der Waals surface area contributed by atoms with Crippen molar-refractivity contribution in [2.45, 2.75) is 5.75 Å². The molecule has 13 heavy (non-hydrogen) atoms. The van der Waals surface area contributed by atoms with Crippen LogP contribution < -0.4 is 10.5 Å². The first-order valence-corrected chi connectivity index (χ1v) is 5.29. The Kier molecular flexibility index (Phi) is 4.64. The van der Waals surface area contributed by atoms with Crippen LogP contribution in [0.4, 0.5) is 0 Å². The van der Waals surface area contributed by atoms with Crippen molar-refractivity contribution >= 4 is 11.8 Å². The van der Waals surface area contributed by atoms with Gasteiger partial charge in [0.1, 0.15) is 5.75 Å². The maximum Gasteiger partial charge on any atom is 0.141 e. The van der Waals surface area contributed by atoms with Crippen molar-refractivity contribution in [3.8, 4) is 5.75 Å².